The number of thioether (sulfide) groups is 1. The van der Waals surface area contributed by atoms with Gasteiger partial charge in [-0.1, -0.05) is 6.58 Å². The normalized spacial score (nSPS) is 19.1. The third-order valence-electron chi connectivity index (χ3n) is 9.16. The molecule has 1 unspecified atom stereocenters. The molecule has 2 N–H and O–H groups in total. The molecule has 3 atom stereocenters. The van der Waals surface area contributed by atoms with E-state index in [1.807, 2.05) is 0 Å². The Balaban J connectivity index is 1.56. The van der Waals surface area contributed by atoms with E-state index in [2.05, 4.69) is 16.5 Å². The Morgan fingerprint density at radius 3 is 2.44 bits per heavy atom. The summed E-state index contributed by atoms with van der Waals surface area (Å²) in [7, 11) is 0. The van der Waals surface area contributed by atoms with Gasteiger partial charge >= 0.3 is 11.9 Å². The van der Waals surface area contributed by atoms with E-state index in [9.17, 15) is 14.9 Å². The molecule has 5 aromatic rings. The number of thiophene rings is 1. The van der Waals surface area contributed by atoms with Gasteiger partial charge in [-0.25, -0.2) is 13.6 Å². The summed E-state index contributed by atoms with van der Waals surface area (Å²) in [5.74, 6) is -2.40. The second kappa shape index (κ2) is 13.1. The average molecular weight is 754 g/mol. The lowest BCUT2D eigenvalue weighted by Gasteiger charge is -2.44. The highest BCUT2D eigenvalue weighted by Crippen LogP contribution is 2.52. The molecule has 10 nitrogen and oxygen atoms in total. The number of alkyl halides is 3. The number of aromatic nitrogens is 3. The summed E-state index contributed by atoms with van der Waals surface area (Å²) in [6.07, 6.45) is -1.73. The van der Waals surface area contributed by atoms with Crippen LogP contribution in [0.2, 0.25) is 0 Å². The van der Waals surface area contributed by atoms with Crippen molar-refractivity contribution in [1.82, 2.24) is 19.4 Å². The van der Waals surface area contributed by atoms with Crippen molar-refractivity contribution in [2.75, 3.05) is 29.5 Å². The summed E-state index contributed by atoms with van der Waals surface area (Å²) in [6, 6.07) is 5.40. The van der Waals surface area contributed by atoms with Crippen LogP contribution in [0.15, 0.2) is 59.0 Å². The molecular formula is C35H28F5N7O3S2. The number of nitrogen functional groups attached to an aromatic ring is 1. The Labute approximate surface area is 300 Å². The first-order valence-corrected chi connectivity index (χ1v) is 17.7. The SMILES string of the molecule is C=CC(=O)N1[C@H](C)CN(c2nc(=O)n3c4c(c(-c5c(F)cc(F)c6sc(N)c(C#N)c56)c(C(F)(F)F)cc24)SCC(Oc2ccncc2)C3)C[C@@H]1C. The number of fused-ring (bicyclic) bond motifs is 1. The minimum absolute atomic E-state index is 0.00142. The second-order valence-corrected chi connectivity index (χ2v) is 14.6. The maximum Gasteiger partial charge on any atom is 0.417 e. The highest BCUT2D eigenvalue weighted by atomic mass is 32.2. The molecule has 268 valence electrons. The van der Waals surface area contributed by atoms with Gasteiger partial charge in [0.25, 0.3) is 0 Å². The Kier molecular flexibility index (Phi) is 8.86. The Bertz CT molecular complexity index is 2380. The number of ether oxygens (including phenoxy) is 1. The molecule has 1 fully saturated rings. The topological polar surface area (TPSA) is 130 Å². The largest absolute Gasteiger partial charge is 0.488 e. The molecule has 3 aromatic heterocycles. The van der Waals surface area contributed by atoms with Crippen molar-refractivity contribution in [3.05, 3.63) is 82.6 Å². The zero-order valence-electron chi connectivity index (χ0n) is 27.5. The first-order valence-electron chi connectivity index (χ1n) is 15.9. The lowest BCUT2D eigenvalue weighted by Crippen LogP contribution is -2.58. The van der Waals surface area contributed by atoms with Gasteiger partial charge in [-0.05, 0) is 38.1 Å². The lowest BCUT2D eigenvalue weighted by molar-refractivity contribution is -0.137. The quantitative estimate of drug-likeness (QED) is 0.156. The van der Waals surface area contributed by atoms with Gasteiger partial charge in [-0.3, -0.25) is 14.3 Å². The second-order valence-electron chi connectivity index (χ2n) is 12.5. The number of rotatable bonds is 5. The van der Waals surface area contributed by atoms with Gasteiger partial charge in [0.2, 0.25) is 5.91 Å². The molecule has 0 aliphatic carbocycles. The van der Waals surface area contributed by atoms with E-state index in [4.69, 9.17) is 10.5 Å². The number of piperazine rings is 1. The number of nitrogens with zero attached hydrogens (tertiary/aromatic N) is 6. The number of halogens is 5. The van der Waals surface area contributed by atoms with Crippen LogP contribution in [0.25, 0.3) is 32.1 Å². The van der Waals surface area contributed by atoms with Crippen molar-refractivity contribution < 1.29 is 31.5 Å². The number of anilines is 2. The number of nitriles is 1. The van der Waals surface area contributed by atoms with Gasteiger partial charge < -0.3 is 20.3 Å². The number of pyridine rings is 1. The van der Waals surface area contributed by atoms with E-state index < -0.39 is 63.8 Å². The van der Waals surface area contributed by atoms with Crippen LogP contribution in [0.1, 0.15) is 25.0 Å². The molecule has 2 aliphatic rings. The fourth-order valence-corrected chi connectivity index (χ4v) is 9.32. The van der Waals surface area contributed by atoms with E-state index in [-0.39, 0.29) is 68.2 Å². The number of carbonyl (C=O) groups excluding carboxylic acids is 1. The van der Waals surface area contributed by atoms with Crippen LogP contribution in [-0.2, 0) is 17.5 Å². The number of amides is 1. The molecule has 2 aromatic carbocycles. The highest BCUT2D eigenvalue weighted by Gasteiger charge is 2.41. The van der Waals surface area contributed by atoms with Crippen molar-refractivity contribution in [2.24, 2.45) is 0 Å². The Morgan fingerprint density at radius 2 is 1.81 bits per heavy atom. The van der Waals surface area contributed by atoms with Crippen molar-refractivity contribution in [3.8, 4) is 22.9 Å². The third kappa shape index (κ3) is 5.79. The fraction of sp³-hybridized carbons (Fsp3) is 0.286. The fourth-order valence-electron chi connectivity index (χ4n) is 7.14. The molecule has 52 heavy (non-hydrogen) atoms. The van der Waals surface area contributed by atoms with Crippen LogP contribution in [-0.4, -0.2) is 62.4 Å². The van der Waals surface area contributed by atoms with Gasteiger partial charge in [0.1, 0.15) is 40.4 Å². The summed E-state index contributed by atoms with van der Waals surface area (Å²) in [6.45, 7) is 7.22. The Hall–Kier alpha value is -5.21. The summed E-state index contributed by atoms with van der Waals surface area (Å²) >= 11 is 1.54. The smallest absolute Gasteiger partial charge is 0.417 e. The molecule has 1 amide bonds. The van der Waals surface area contributed by atoms with Crippen LogP contribution in [0, 0.1) is 23.0 Å². The first kappa shape index (κ1) is 35.2. The van der Waals surface area contributed by atoms with E-state index in [0.29, 0.717) is 23.2 Å². The van der Waals surface area contributed by atoms with Gasteiger partial charge in [0, 0.05) is 76.2 Å². The van der Waals surface area contributed by atoms with Crippen LogP contribution >= 0.6 is 23.1 Å². The number of benzene rings is 2. The Morgan fingerprint density at radius 1 is 1.12 bits per heavy atom. The number of hydrogen-bond donors (Lipinski definition) is 1. The minimum Gasteiger partial charge on any atom is -0.488 e. The molecule has 17 heteroatoms. The first-order chi connectivity index (χ1) is 24.7. The summed E-state index contributed by atoms with van der Waals surface area (Å²) < 4.78 is 84.8. The zero-order valence-corrected chi connectivity index (χ0v) is 29.1. The van der Waals surface area contributed by atoms with E-state index in [0.717, 1.165) is 17.8 Å². The van der Waals surface area contributed by atoms with Crippen molar-refractivity contribution >= 4 is 60.8 Å². The minimum atomic E-state index is -5.12. The maximum absolute atomic E-state index is 16.2. The molecule has 1 saturated heterocycles. The molecule has 2 aliphatic heterocycles. The van der Waals surface area contributed by atoms with E-state index >= 15 is 22.0 Å². The summed E-state index contributed by atoms with van der Waals surface area (Å²) in [5.41, 5.74) is 2.27. The molecule has 5 heterocycles. The average Bonchev–Trinajstić information content (AvgIpc) is 3.31. The lowest BCUT2D eigenvalue weighted by atomic mass is 9.92. The van der Waals surface area contributed by atoms with Crippen LogP contribution in [0.3, 0.4) is 0 Å². The summed E-state index contributed by atoms with van der Waals surface area (Å²) in [5, 5.41) is 9.35. The standard InChI is InChI=1S/C35H28F5N7O3S2/c1-4-25(48)47-16(2)12-45(13-17(47)3)33-20-9-22(35(38,39)40)27(28-23(36)10-24(37)30-26(28)21(11-41)32(42)52-30)31-29(20)46(34(49)44-33)14-19(15-51-31)50-18-5-7-43-8-6-18/h4-10,16-17,19H,1,12-15,42H2,2-3H3/t16-,17+,19?. The number of nitrogens with two attached hydrogens (primary N) is 1. The van der Waals surface area contributed by atoms with Crippen molar-refractivity contribution in [2.45, 2.75) is 49.7 Å². The van der Waals surface area contributed by atoms with Gasteiger partial charge in [0.05, 0.1) is 27.9 Å². The summed E-state index contributed by atoms with van der Waals surface area (Å²) in [4.78, 5) is 38.2. The molecule has 0 saturated carbocycles. The predicted octanol–water partition coefficient (Wildman–Crippen LogP) is 6.59. The molecular weight excluding hydrogens is 726 g/mol. The monoisotopic (exact) mass is 753 g/mol. The zero-order chi connectivity index (χ0) is 37.2. The van der Waals surface area contributed by atoms with Gasteiger partial charge in [-0.2, -0.15) is 23.4 Å². The molecule has 0 bridgehead atoms. The third-order valence-corrected chi connectivity index (χ3v) is 11.4. The molecule has 7 rings (SSSR count). The van der Waals surface area contributed by atoms with Gasteiger partial charge in [-0.15, -0.1) is 23.1 Å². The number of hydrogen-bond acceptors (Lipinski definition) is 10. The van der Waals surface area contributed by atoms with E-state index in [1.54, 1.807) is 41.8 Å². The van der Waals surface area contributed by atoms with Crippen LogP contribution < -0.4 is 21.1 Å². The predicted molar refractivity (Wildman–Crippen MR) is 188 cm³/mol. The van der Waals surface area contributed by atoms with Crippen LogP contribution in [0.5, 0.6) is 5.75 Å². The van der Waals surface area contributed by atoms with E-state index in [1.165, 1.54) is 23.0 Å². The van der Waals surface area contributed by atoms with Crippen molar-refractivity contribution in [1.29, 1.82) is 5.26 Å². The highest BCUT2D eigenvalue weighted by molar-refractivity contribution is 7.99. The number of carbonyl (C=O) groups is 1. The van der Waals surface area contributed by atoms with Gasteiger partial charge in [0.15, 0.2) is 0 Å². The molecule has 0 spiro atoms. The molecule has 0 radical (unpaired) electrons. The maximum atomic E-state index is 16.2. The van der Waals surface area contributed by atoms with Crippen molar-refractivity contribution in [3.63, 3.8) is 0 Å². The van der Waals surface area contributed by atoms with Crippen LogP contribution in [0.4, 0.5) is 32.8 Å².